The first kappa shape index (κ1) is 13.2. The van der Waals surface area contributed by atoms with Crippen LogP contribution in [0.3, 0.4) is 0 Å². The highest BCUT2D eigenvalue weighted by Crippen LogP contribution is 1.99. The number of hydrogen-bond donors (Lipinski definition) is 3. The van der Waals surface area contributed by atoms with Gasteiger partial charge in [0, 0.05) is 20.0 Å². The molecule has 3 amide bonds. The van der Waals surface area contributed by atoms with Crippen molar-refractivity contribution < 1.29 is 9.59 Å². The molecule has 0 radical (unpaired) electrons. The number of nitrogens with two attached hydrogens (primary N) is 3. The number of carbonyl (C=O) groups is 2. The molecule has 86 valence electrons. The van der Waals surface area contributed by atoms with Crippen LogP contribution in [0.4, 0.5) is 4.79 Å². The molecular weight excluding hydrogens is 198 g/mol. The van der Waals surface area contributed by atoms with Gasteiger partial charge in [-0.2, -0.15) is 0 Å². The van der Waals surface area contributed by atoms with Crippen molar-refractivity contribution in [3.05, 3.63) is 0 Å². The second-order valence-electron chi connectivity index (χ2n) is 3.05. The maximum absolute atomic E-state index is 11.2. The zero-order valence-corrected chi connectivity index (χ0v) is 8.77. The minimum Gasteiger partial charge on any atom is -0.370 e. The van der Waals surface area contributed by atoms with Crippen LogP contribution in [0.2, 0.25) is 0 Å². The number of unbranched alkanes of at least 4 members (excludes halogenated alkanes) is 1. The van der Waals surface area contributed by atoms with E-state index in [1.807, 2.05) is 0 Å². The van der Waals surface area contributed by atoms with Gasteiger partial charge < -0.3 is 17.2 Å². The van der Waals surface area contributed by atoms with Gasteiger partial charge in [0.25, 0.3) is 0 Å². The SMILES string of the molecule is CN(C(N)=O)C(=O)CCCCN=C(N)N. The van der Waals surface area contributed by atoms with E-state index in [9.17, 15) is 9.59 Å². The summed E-state index contributed by atoms with van der Waals surface area (Å²) < 4.78 is 0. The summed E-state index contributed by atoms with van der Waals surface area (Å²) in [6.07, 6.45) is 1.57. The second-order valence-corrected chi connectivity index (χ2v) is 3.05. The smallest absolute Gasteiger partial charge is 0.321 e. The van der Waals surface area contributed by atoms with Gasteiger partial charge in [-0.3, -0.25) is 14.7 Å². The van der Waals surface area contributed by atoms with Gasteiger partial charge in [0.05, 0.1) is 0 Å². The van der Waals surface area contributed by atoms with E-state index in [-0.39, 0.29) is 18.3 Å². The molecule has 0 fully saturated rings. The lowest BCUT2D eigenvalue weighted by atomic mass is 10.2. The number of primary amides is 1. The second kappa shape index (κ2) is 6.63. The van der Waals surface area contributed by atoms with Crippen LogP contribution in [-0.4, -0.2) is 36.4 Å². The highest BCUT2D eigenvalue weighted by Gasteiger charge is 2.12. The lowest BCUT2D eigenvalue weighted by Gasteiger charge is -2.11. The molecule has 0 rings (SSSR count). The molecule has 0 unspecified atom stereocenters. The molecule has 0 aromatic heterocycles. The monoisotopic (exact) mass is 215 g/mol. The lowest BCUT2D eigenvalue weighted by Crippen LogP contribution is -2.37. The summed E-state index contributed by atoms with van der Waals surface area (Å²) in [7, 11) is 1.35. The average molecular weight is 215 g/mol. The maximum atomic E-state index is 11.2. The Morgan fingerprint density at radius 3 is 2.27 bits per heavy atom. The lowest BCUT2D eigenvalue weighted by molar-refractivity contribution is -0.127. The molecule has 0 aliphatic carbocycles. The number of rotatable bonds is 5. The van der Waals surface area contributed by atoms with Crippen molar-refractivity contribution in [3.8, 4) is 0 Å². The van der Waals surface area contributed by atoms with Gasteiger partial charge in [-0.25, -0.2) is 4.79 Å². The molecule has 0 aromatic rings. The fourth-order valence-electron chi connectivity index (χ4n) is 0.887. The largest absolute Gasteiger partial charge is 0.370 e. The number of urea groups is 1. The molecule has 0 aliphatic rings. The molecule has 6 N–H and O–H groups in total. The van der Waals surface area contributed by atoms with E-state index in [1.165, 1.54) is 7.05 Å². The fourth-order valence-corrected chi connectivity index (χ4v) is 0.887. The van der Waals surface area contributed by atoms with Crippen LogP contribution >= 0.6 is 0 Å². The van der Waals surface area contributed by atoms with Crippen molar-refractivity contribution in [3.63, 3.8) is 0 Å². The van der Waals surface area contributed by atoms with Gasteiger partial charge in [-0.15, -0.1) is 0 Å². The number of carbonyl (C=O) groups excluding carboxylic acids is 2. The van der Waals surface area contributed by atoms with Crippen LogP contribution in [0.5, 0.6) is 0 Å². The summed E-state index contributed by atoms with van der Waals surface area (Å²) in [5.74, 6) is -0.261. The van der Waals surface area contributed by atoms with E-state index >= 15 is 0 Å². The maximum Gasteiger partial charge on any atom is 0.321 e. The average Bonchev–Trinajstić information content (AvgIpc) is 2.15. The Bertz CT molecular complexity index is 260. The van der Waals surface area contributed by atoms with Crippen LogP contribution in [0.15, 0.2) is 4.99 Å². The van der Waals surface area contributed by atoms with Crippen molar-refractivity contribution >= 4 is 17.9 Å². The number of amides is 3. The summed E-state index contributed by atoms with van der Waals surface area (Å²) >= 11 is 0. The van der Waals surface area contributed by atoms with E-state index < -0.39 is 6.03 Å². The van der Waals surface area contributed by atoms with Gasteiger partial charge in [0.15, 0.2) is 5.96 Å². The molecule has 0 bridgehead atoms. The molecule has 0 aromatic carbocycles. The van der Waals surface area contributed by atoms with Crippen molar-refractivity contribution in [2.45, 2.75) is 19.3 Å². The van der Waals surface area contributed by atoms with Gasteiger partial charge in [-0.1, -0.05) is 0 Å². The molecule has 0 heterocycles. The third kappa shape index (κ3) is 6.30. The highest BCUT2D eigenvalue weighted by atomic mass is 16.2. The van der Waals surface area contributed by atoms with Gasteiger partial charge in [0.2, 0.25) is 5.91 Å². The van der Waals surface area contributed by atoms with Crippen LogP contribution in [0.25, 0.3) is 0 Å². The Morgan fingerprint density at radius 2 is 1.80 bits per heavy atom. The standard InChI is InChI=1S/C8H17N5O2/c1-13(8(11)15)6(14)4-2-3-5-12-7(9)10/h2-5H2,1H3,(H2,11,15)(H4,9,10,12). The first-order chi connectivity index (χ1) is 6.95. The number of guanidine groups is 1. The number of hydrogen-bond acceptors (Lipinski definition) is 3. The number of nitrogens with zero attached hydrogens (tertiary/aromatic N) is 2. The van der Waals surface area contributed by atoms with Gasteiger partial charge in [0.1, 0.15) is 0 Å². The molecule has 15 heavy (non-hydrogen) atoms. The zero-order valence-electron chi connectivity index (χ0n) is 8.77. The van der Waals surface area contributed by atoms with Crippen LogP contribution < -0.4 is 17.2 Å². The Labute approximate surface area is 88.3 Å². The third-order valence-corrected chi connectivity index (χ3v) is 1.80. The Balaban J connectivity index is 3.65. The van der Waals surface area contributed by atoms with Crippen molar-refractivity contribution in [1.82, 2.24) is 4.90 Å². The molecule has 7 nitrogen and oxygen atoms in total. The van der Waals surface area contributed by atoms with Crippen LogP contribution in [-0.2, 0) is 4.79 Å². The van der Waals surface area contributed by atoms with Crippen molar-refractivity contribution in [1.29, 1.82) is 0 Å². The van der Waals surface area contributed by atoms with Gasteiger partial charge >= 0.3 is 6.03 Å². The predicted octanol–water partition coefficient (Wildman–Crippen LogP) is -1.03. The molecule has 0 aliphatic heterocycles. The summed E-state index contributed by atoms with van der Waals surface area (Å²) in [4.78, 5) is 26.5. The van der Waals surface area contributed by atoms with Crippen LogP contribution in [0, 0.1) is 0 Å². The van der Waals surface area contributed by atoms with E-state index in [2.05, 4.69) is 4.99 Å². The molecule has 7 heteroatoms. The summed E-state index contributed by atoms with van der Waals surface area (Å²) in [5.41, 5.74) is 15.1. The Morgan fingerprint density at radius 1 is 1.20 bits per heavy atom. The van der Waals surface area contributed by atoms with Crippen molar-refractivity contribution in [2.75, 3.05) is 13.6 Å². The van der Waals surface area contributed by atoms with Gasteiger partial charge in [-0.05, 0) is 12.8 Å². The summed E-state index contributed by atoms with van der Waals surface area (Å²) in [6, 6.07) is -0.746. The van der Waals surface area contributed by atoms with E-state index in [0.29, 0.717) is 19.4 Å². The quantitative estimate of drug-likeness (QED) is 0.307. The number of aliphatic imine (C=N–C) groups is 1. The highest BCUT2D eigenvalue weighted by molar-refractivity contribution is 5.93. The molecular formula is C8H17N5O2. The first-order valence-electron chi connectivity index (χ1n) is 4.56. The summed E-state index contributed by atoms with van der Waals surface area (Å²) in [5, 5.41) is 0. The first-order valence-corrected chi connectivity index (χ1v) is 4.56. The topological polar surface area (TPSA) is 128 Å². The normalized spacial score (nSPS) is 9.40. The Hall–Kier alpha value is -1.79. The fraction of sp³-hybridized carbons (Fsp3) is 0.625. The molecule has 0 spiro atoms. The van der Waals surface area contributed by atoms with E-state index in [1.54, 1.807) is 0 Å². The number of imide groups is 1. The summed E-state index contributed by atoms with van der Waals surface area (Å²) in [6.45, 7) is 0.482. The molecule has 0 saturated heterocycles. The molecule has 0 atom stereocenters. The third-order valence-electron chi connectivity index (χ3n) is 1.80. The minimum atomic E-state index is -0.746. The Kier molecular flexibility index (Phi) is 5.84. The van der Waals surface area contributed by atoms with E-state index in [4.69, 9.17) is 17.2 Å². The predicted molar refractivity (Wildman–Crippen MR) is 56.9 cm³/mol. The van der Waals surface area contributed by atoms with E-state index in [0.717, 1.165) is 4.90 Å². The minimum absolute atomic E-state index is 0.0376. The van der Waals surface area contributed by atoms with Crippen LogP contribution in [0.1, 0.15) is 19.3 Å². The van der Waals surface area contributed by atoms with Crippen molar-refractivity contribution in [2.24, 2.45) is 22.2 Å². The molecule has 0 saturated carbocycles. The zero-order chi connectivity index (χ0) is 11.8.